The maximum absolute atomic E-state index is 3.51. The van der Waals surface area contributed by atoms with Gasteiger partial charge in [0.05, 0.1) is 0 Å². The molecule has 1 aliphatic carbocycles. The predicted molar refractivity (Wildman–Crippen MR) is 73.3 cm³/mol. The molecule has 2 aliphatic rings. The summed E-state index contributed by atoms with van der Waals surface area (Å²) in [6.45, 7) is 7.27. The Morgan fingerprint density at radius 1 is 1.53 bits per heavy atom. The Morgan fingerprint density at radius 2 is 2.41 bits per heavy atom. The maximum atomic E-state index is 3.51. The summed E-state index contributed by atoms with van der Waals surface area (Å²) in [4.78, 5) is 4.24. The van der Waals surface area contributed by atoms with E-state index in [1.165, 1.54) is 43.8 Å². The molecule has 0 amide bonds. The monoisotopic (exact) mass is 250 g/mol. The Morgan fingerprint density at radius 3 is 3.00 bits per heavy atom. The van der Waals surface area contributed by atoms with Gasteiger partial charge in [-0.15, -0.1) is 11.3 Å². The average molecular weight is 250 g/mol. The van der Waals surface area contributed by atoms with Crippen molar-refractivity contribution in [3.63, 3.8) is 0 Å². The lowest BCUT2D eigenvalue weighted by molar-refractivity contribution is 0.164. The van der Waals surface area contributed by atoms with E-state index >= 15 is 0 Å². The third-order valence-corrected chi connectivity index (χ3v) is 4.91. The van der Waals surface area contributed by atoms with Crippen molar-refractivity contribution in [1.82, 2.24) is 10.2 Å². The van der Waals surface area contributed by atoms with Crippen molar-refractivity contribution < 1.29 is 0 Å². The van der Waals surface area contributed by atoms with Gasteiger partial charge in [-0.05, 0) is 42.7 Å². The van der Waals surface area contributed by atoms with Crippen molar-refractivity contribution in [2.24, 2.45) is 5.41 Å². The third kappa shape index (κ3) is 2.90. The molecule has 2 heterocycles. The number of rotatable bonds is 5. The van der Waals surface area contributed by atoms with Crippen LogP contribution in [0.25, 0.3) is 0 Å². The summed E-state index contributed by atoms with van der Waals surface area (Å²) >= 11 is 1.90. The SMILES string of the molecule is CC1(CN(Cc2cccs2)C2CC2)CCNC1. The lowest BCUT2D eigenvalue weighted by Crippen LogP contribution is -2.38. The molecule has 2 nitrogen and oxygen atoms in total. The normalized spacial score (nSPS) is 29.1. The summed E-state index contributed by atoms with van der Waals surface area (Å²) in [6.07, 6.45) is 4.16. The van der Waals surface area contributed by atoms with E-state index in [4.69, 9.17) is 0 Å². The lowest BCUT2D eigenvalue weighted by atomic mass is 9.89. The summed E-state index contributed by atoms with van der Waals surface area (Å²) in [5.41, 5.74) is 0.500. The smallest absolute Gasteiger partial charge is 0.0331 e. The van der Waals surface area contributed by atoms with Gasteiger partial charge in [0.25, 0.3) is 0 Å². The van der Waals surface area contributed by atoms with Gasteiger partial charge in [-0.3, -0.25) is 4.90 Å². The second-order valence-corrected chi connectivity index (χ2v) is 6.99. The summed E-state index contributed by atoms with van der Waals surface area (Å²) in [7, 11) is 0. The second kappa shape index (κ2) is 4.71. The second-order valence-electron chi connectivity index (χ2n) is 5.95. The molecule has 1 saturated carbocycles. The van der Waals surface area contributed by atoms with Crippen LogP contribution in [-0.2, 0) is 6.54 Å². The third-order valence-electron chi connectivity index (χ3n) is 4.04. The van der Waals surface area contributed by atoms with Gasteiger partial charge >= 0.3 is 0 Å². The van der Waals surface area contributed by atoms with E-state index in [2.05, 4.69) is 34.7 Å². The Hall–Kier alpha value is -0.380. The average Bonchev–Trinajstić information content (AvgIpc) is 2.88. The molecule has 1 atom stereocenters. The van der Waals surface area contributed by atoms with Gasteiger partial charge < -0.3 is 5.32 Å². The number of nitrogens with one attached hydrogen (secondary N) is 1. The summed E-state index contributed by atoms with van der Waals surface area (Å²) in [6, 6.07) is 5.31. The van der Waals surface area contributed by atoms with Crippen LogP contribution in [0.4, 0.5) is 0 Å². The van der Waals surface area contributed by atoms with E-state index in [1.54, 1.807) is 0 Å². The maximum Gasteiger partial charge on any atom is 0.0331 e. The quantitative estimate of drug-likeness (QED) is 0.864. The Kier molecular flexibility index (Phi) is 3.24. The fourth-order valence-electron chi connectivity index (χ4n) is 2.85. The minimum Gasteiger partial charge on any atom is -0.316 e. The molecule has 0 bridgehead atoms. The van der Waals surface area contributed by atoms with E-state index in [0.717, 1.165) is 12.6 Å². The van der Waals surface area contributed by atoms with Gasteiger partial charge in [0.2, 0.25) is 0 Å². The van der Waals surface area contributed by atoms with Gasteiger partial charge in [-0.1, -0.05) is 13.0 Å². The highest BCUT2D eigenvalue weighted by Gasteiger charge is 2.36. The molecule has 1 aromatic heterocycles. The van der Waals surface area contributed by atoms with Crippen LogP contribution >= 0.6 is 11.3 Å². The topological polar surface area (TPSA) is 15.3 Å². The Balaban J connectivity index is 1.64. The van der Waals surface area contributed by atoms with E-state index in [-0.39, 0.29) is 0 Å². The lowest BCUT2D eigenvalue weighted by Gasteiger charge is -2.31. The van der Waals surface area contributed by atoms with Gasteiger partial charge in [0.1, 0.15) is 0 Å². The van der Waals surface area contributed by atoms with Crippen molar-refractivity contribution in [1.29, 1.82) is 0 Å². The zero-order chi connectivity index (χ0) is 11.7. The van der Waals surface area contributed by atoms with Crippen LogP contribution in [0.2, 0.25) is 0 Å². The molecular weight excluding hydrogens is 228 g/mol. The molecule has 2 fully saturated rings. The number of hydrogen-bond donors (Lipinski definition) is 1. The number of hydrogen-bond acceptors (Lipinski definition) is 3. The van der Waals surface area contributed by atoms with Crippen LogP contribution in [0, 0.1) is 5.41 Å². The molecule has 1 N–H and O–H groups in total. The molecule has 0 spiro atoms. The predicted octanol–water partition coefficient (Wildman–Crippen LogP) is 2.71. The molecule has 0 aromatic carbocycles. The Labute approximate surface area is 108 Å². The van der Waals surface area contributed by atoms with Crippen molar-refractivity contribution in [2.75, 3.05) is 19.6 Å². The van der Waals surface area contributed by atoms with E-state index in [0.29, 0.717) is 5.41 Å². The molecule has 17 heavy (non-hydrogen) atoms. The van der Waals surface area contributed by atoms with Crippen LogP contribution in [0.3, 0.4) is 0 Å². The fourth-order valence-corrected chi connectivity index (χ4v) is 3.58. The first-order valence-electron chi connectivity index (χ1n) is 6.72. The molecule has 3 rings (SSSR count). The van der Waals surface area contributed by atoms with Crippen LogP contribution in [0.15, 0.2) is 17.5 Å². The van der Waals surface area contributed by atoms with Crippen LogP contribution in [0.1, 0.15) is 31.1 Å². The van der Waals surface area contributed by atoms with Crippen LogP contribution in [-0.4, -0.2) is 30.6 Å². The molecule has 1 aromatic rings. The molecule has 0 radical (unpaired) electrons. The molecule has 3 heteroatoms. The van der Waals surface area contributed by atoms with E-state index < -0.39 is 0 Å². The highest BCUT2D eigenvalue weighted by Crippen LogP contribution is 2.34. The summed E-state index contributed by atoms with van der Waals surface area (Å²) in [5.74, 6) is 0. The van der Waals surface area contributed by atoms with Crippen molar-refractivity contribution in [2.45, 2.75) is 38.8 Å². The molecule has 1 aliphatic heterocycles. The first kappa shape index (κ1) is 11.7. The number of nitrogens with zero attached hydrogens (tertiary/aromatic N) is 1. The summed E-state index contributed by atoms with van der Waals surface area (Å²) < 4.78 is 0. The van der Waals surface area contributed by atoms with Crippen molar-refractivity contribution in [3.05, 3.63) is 22.4 Å². The van der Waals surface area contributed by atoms with Crippen LogP contribution < -0.4 is 5.32 Å². The zero-order valence-electron chi connectivity index (χ0n) is 10.6. The van der Waals surface area contributed by atoms with Gasteiger partial charge in [-0.2, -0.15) is 0 Å². The van der Waals surface area contributed by atoms with Crippen LogP contribution in [0.5, 0.6) is 0 Å². The van der Waals surface area contributed by atoms with Crippen molar-refractivity contribution >= 4 is 11.3 Å². The highest BCUT2D eigenvalue weighted by atomic mass is 32.1. The minimum atomic E-state index is 0.500. The first-order valence-corrected chi connectivity index (χ1v) is 7.60. The Bertz CT molecular complexity index is 350. The molecule has 1 saturated heterocycles. The molecule has 1 unspecified atom stereocenters. The van der Waals surface area contributed by atoms with Crippen molar-refractivity contribution in [3.8, 4) is 0 Å². The van der Waals surface area contributed by atoms with E-state index in [9.17, 15) is 0 Å². The minimum absolute atomic E-state index is 0.500. The molecular formula is C14H22N2S. The van der Waals surface area contributed by atoms with E-state index in [1.807, 2.05) is 11.3 Å². The van der Waals surface area contributed by atoms with Gasteiger partial charge in [0.15, 0.2) is 0 Å². The highest BCUT2D eigenvalue weighted by molar-refractivity contribution is 7.09. The standard InChI is InChI=1S/C14H22N2S/c1-14(6-7-15-10-14)11-16(12-4-5-12)9-13-3-2-8-17-13/h2-3,8,12,15H,4-7,9-11H2,1H3. The number of thiophene rings is 1. The largest absolute Gasteiger partial charge is 0.316 e. The summed E-state index contributed by atoms with van der Waals surface area (Å²) in [5, 5.41) is 5.71. The fraction of sp³-hybridized carbons (Fsp3) is 0.714. The van der Waals surface area contributed by atoms with Gasteiger partial charge in [0, 0.05) is 30.6 Å². The first-order chi connectivity index (χ1) is 8.25. The zero-order valence-corrected chi connectivity index (χ0v) is 11.4. The van der Waals surface area contributed by atoms with Gasteiger partial charge in [-0.25, -0.2) is 0 Å². The molecule has 94 valence electrons.